The standard InChI is InChI=1S/C12H19N3O3S/c1-3-12(4-2,10(16)17)15-11(18)14-6-5-9-13-7-8-19-9/h7-8H,3-6H2,1-2H3,(H,16,17)(H2,14,15,18). The van der Waals surface area contributed by atoms with Crippen LogP contribution in [0, 0.1) is 0 Å². The maximum absolute atomic E-state index is 11.7. The molecule has 0 aliphatic rings. The summed E-state index contributed by atoms with van der Waals surface area (Å²) in [5.41, 5.74) is -1.19. The summed E-state index contributed by atoms with van der Waals surface area (Å²) in [6.45, 7) is 3.92. The topological polar surface area (TPSA) is 91.3 Å². The first-order valence-electron chi connectivity index (χ1n) is 6.22. The van der Waals surface area contributed by atoms with Crippen molar-refractivity contribution >= 4 is 23.3 Å². The number of amides is 2. The zero-order valence-electron chi connectivity index (χ0n) is 11.1. The minimum atomic E-state index is -1.19. The van der Waals surface area contributed by atoms with Crippen LogP contribution in [0.2, 0.25) is 0 Å². The number of hydrogen-bond donors (Lipinski definition) is 3. The second kappa shape index (κ2) is 7.08. The van der Waals surface area contributed by atoms with E-state index in [0.717, 1.165) is 5.01 Å². The molecule has 0 aliphatic carbocycles. The summed E-state index contributed by atoms with van der Waals surface area (Å²) >= 11 is 1.52. The van der Waals surface area contributed by atoms with E-state index >= 15 is 0 Å². The summed E-state index contributed by atoms with van der Waals surface area (Å²) in [6, 6.07) is -0.456. The molecule has 2 amide bonds. The molecule has 0 saturated carbocycles. The zero-order chi connectivity index (χ0) is 14.3. The van der Waals surface area contributed by atoms with E-state index in [2.05, 4.69) is 15.6 Å². The van der Waals surface area contributed by atoms with Crippen molar-refractivity contribution in [1.82, 2.24) is 15.6 Å². The predicted octanol–water partition coefficient (Wildman–Crippen LogP) is 1.63. The lowest BCUT2D eigenvalue weighted by Gasteiger charge is -2.28. The molecule has 0 saturated heterocycles. The number of nitrogens with zero attached hydrogens (tertiary/aromatic N) is 1. The van der Waals surface area contributed by atoms with Crippen LogP contribution in [-0.4, -0.2) is 34.2 Å². The molecule has 1 aromatic rings. The van der Waals surface area contributed by atoms with Crippen molar-refractivity contribution in [2.24, 2.45) is 0 Å². The molecule has 0 spiro atoms. The third-order valence-corrected chi connectivity index (χ3v) is 3.92. The molecule has 0 radical (unpaired) electrons. The van der Waals surface area contributed by atoms with Crippen molar-refractivity contribution < 1.29 is 14.7 Å². The van der Waals surface area contributed by atoms with Gasteiger partial charge in [0.25, 0.3) is 0 Å². The SMILES string of the molecule is CCC(CC)(NC(=O)NCCc1nccs1)C(=O)O. The van der Waals surface area contributed by atoms with Gasteiger partial charge in [-0.25, -0.2) is 14.6 Å². The molecule has 7 heteroatoms. The Morgan fingerprint density at radius 1 is 1.42 bits per heavy atom. The number of carbonyl (C=O) groups excluding carboxylic acids is 1. The van der Waals surface area contributed by atoms with Crippen molar-refractivity contribution in [2.75, 3.05) is 6.54 Å². The molecule has 1 rings (SSSR count). The monoisotopic (exact) mass is 285 g/mol. The molecule has 3 N–H and O–H groups in total. The van der Waals surface area contributed by atoms with Crippen LogP contribution in [-0.2, 0) is 11.2 Å². The highest BCUT2D eigenvalue weighted by atomic mass is 32.1. The summed E-state index contributed by atoms with van der Waals surface area (Å²) in [4.78, 5) is 27.0. The van der Waals surface area contributed by atoms with E-state index in [1.165, 1.54) is 11.3 Å². The minimum Gasteiger partial charge on any atom is -0.480 e. The molecule has 0 unspecified atom stereocenters. The molecule has 1 aromatic heterocycles. The van der Waals surface area contributed by atoms with E-state index in [-0.39, 0.29) is 0 Å². The lowest BCUT2D eigenvalue weighted by molar-refractivity contribution is -0.144. The molecule has 1 heterocycles. The number of rotatable bonds is 7. The maximum atomic E-state index is 11.7. The Hall–Kier alpha value is -1.63. The number of aromatic nitrogens is 1. The van der Waals surface area contributed by atoms with E-state index in [4.69, 9.17) is 0 Å². The second-order valence-corrected chi connectivity index (χ2v) is 5.13. The highest BCUT2D eigenvalue weighted by Gasteiger charge is 2.36. The van der Waals surface area contributed by atoms with E-state index < -0.39 is 17.5 Å². The largest absolute Gasteiger partial charge is 0.480 e. The molecular weight excluding hydrogens is 266 g/mol. The van der Waals surface area contributed by atoms with Gasteiger partial charge in [-0.3, -0.25) is 0 Å². The van der Waals surface area contributed by atoms with Crippen molar-refractivity contribution in [1.29, 1.82) is 0 Å². The van der Waals surface area contributed by atoms with Crippen molar-refractivity contribution in [3.8, 4) is 0 Å². The zero-order valence-corrected chi connectivity index (χ0v) is 11.9. The number of carboxylic acids is 1. The molecule has 0 aliphatic heterocycles. The van der Waals surface area contributed by atoms with Crippen LogP contribution in [0.4, 0.5) is 4.79 Å². The van der Waals surface area contributed by atoms with Gasteiger partial charge >= 0.3 is 12.0 Å². The lowest BCUT2D eigenvalue weighted by atomic mass is 9.93. The first kappa shape index (κ1) is 15.4. The summed E-state index contributed by atoms with van der Waals surface area (Å²) in [7, 11) is 0. The number of urea groups is 1. The molecular formula is C12H19N3O3S. The fourth-order valence-corrected chi connectivity index (χ4v) is 2.32. The maximum Gasteiger partial charge on any atom is 0.329 e. The number of carboxylic acid groups (broad SMARTS) is 1. The number of hydrogen-bond acceptors (Lipinski definition) is 4. The van der Waals surface area contributed by atoms with E-state index in [1.807, 2.05) is 5.38 Å². The van der Waals surface area contributed by atoms with Gasteiger partial charge < -0.3 is 15.7 Å². The van der Waals surface area contributed by atoms with Crippen LogP contribution >= 0.6 is 11.3 Å². The van der Waals surface area contributed by atoms with Crippen LogP contribution in [0.1, 0.15) is 31.7 Å². The molecule has 6 nitrogen and oxygen atoms in total. The van der Waals surface area contributed by atoms with Crippen LogP contribution in [0.15, 0.2) is 11.6 Å². The van der Waals surface area contributed by atoms with Gasteiger partial charge in [0.15, 0.2) is 0 Å². The van der Waals surface area contributed by atoms with Gasteiger partial charge in [0.1, 0.15) is 5.54 Å². The second-order valence-electron chi connectivity index (χ2n) is 4.15. The van der Waals surface area contributed by atoms with Crippen molar-refractivity contribution in [2.45, 2.75) is 38.6 Å². The van der Waals surface area contributed by atoms with E-state index in [1.54, 1.807) is 20.0 Å². The molecule has 0 fully saturated rings. The van der Waals surface area contributed by atoms with E-state index in [9.17, 15) is 14.7 Å². The van der Waals surface area contributed by atoms with Gasteiger partial charge in [0.05, 0.1) is 5.01 Å². The van der Waals surface area contributed by atoms with E-state index in [0.29, 0.717) is 25.8 Å². The average molecular weight is 285 g/mol. The highest BCUT2D eigenvalue weighted by molar-refractivity contribution is 7.09. The number of thiazole rings is 1. The van der Waals surface area contributed by atoms with Crippen molar-refractivity contribution in [3.05, 3.63) is 16.6 Å². The quantitative estimate of drug-likeness (QED) is 0.710. The van der Waals surface area contributed by atoms with Crippen LogP contribution in [0.3, 0.4) is 0 Å². The normalized spacial score (nSPS) is 11.1. The van der Waals surface area contributed by atoms with Gasteiger partial charge in [-0.15, -0.1) is 11.3 Å². The first-order valence-corrected chi connectivity index (χ1v) is 7.09. The predicted molar refractivity (Wildman–Crippen MR) is 73.3 cm³/mol. The van der Waals surface area contributed by atoms with Gasteiger partial charge in [0.2, 0.25) is 0 Å². The van der Waals surface area contributed by atoms with Gasteiger partial charge in [-0.05, 0) is 12.8 Å². The van der Waals surface area contributed by atoms with Crippen LogP contribution < -0.4 is 10.6 Å². The Morgan fingerprint density at radius 2 is 2.11 bits per heavy atom. The van der Waals surface area contributed by atoms with Gasteiger partial charge in [-0.1, -0.05) is 13.8 Å². The van der Waals surface area contributed by atoms with Gasteiger partial charge in [0, 0.05) is 24.5 Å². The Labute approximate surface area is 116 Å². The fourth-order valence-electron chi connectivity index (χ4n) is 1.70. The van der Waals surface area contributed by atoms with Crippen LogP contribution in [0.25, 0.3) is 0 Å². The summed E-state index contributed by atoms with van der Waals surface area (Å²) < 4.78 is 0. The number of nitrogens with one attached hydrogen (secondary N) is 2. The fraction of sp³-hybridized carbons (Fsp3) is 0.583. The average Bonchev–Trinajstić information content (AvgIpc) is 2.89. The Kier molecular flexibility index (Phi) is 5.75. The molecule has 106 valence electrons. The number of aliphatic carboxylic acids is 1. The number of carbonyl (C=O) groups is 2. The highest BCUT2D eigenvalue weighted by Crippen LogP contribution is 2.15. The third-order valence-electron chi connectivity index (χ3n) is 3.08. The summed E-state index contributed by atoms with van der Waals surface area (Å²) in [6.07, 6.45) is 3.05. The van der Waals surface area contributed by atoms with Crippen molar-refractivity contribution in [3.63, 3.8) is 0 Å². The van der Waals surface area contributed by atoms with Crippen LogP contribution in [0.5, 0.6) is 0 Å². The smallest absolute Gasteiger partial charge is 0.329 e. The Morgan fingerprint density at radius 3 is 2.58 bits per heavy atom. The first-order chi connectivity index (χ1) is 9.04. The molecule has 0 bridgehead atoms. The third kappa shape index (κ3) is 4.20. The lowest BCUT2D eigenvalue weighted by Crippen LogP contribution is -2.56. The summed E-state index contributed by atoms with van der Waals surface area (Å²) in [5, 5.41) is 17.2. The molecule has 0 atom stereocenters. The Balaban J connectivity index is 2.43. The Bertz CT molecular complexity index is 416. The minimum absolute atomic E-state index is 0.346. The molecule has 19 heavy (non-hydrogen) atoms. The molecule has 0 aromatic carbocycles. The van der Waals surface area contributed by atoms with Gasteiger partial charge in [-0.2, -0.15) is 0 Å². The summed E-state index contributed by atoms with van der Waals surface area (Å²) in [5.74, 6) is -1.01.